The second kappa shape index (κ2) is 5.42. The number of methoxy groups -OCH3 is 1. The summed E-state index contributed by atoms with van der Waals surface area (Å²) in [5, 5.41) is 2.32. The first-order chi connectivity index (χ1) is 7.91. The van der Waals surface area contributed by atoms with Gasteiger partial charge >= 0.3 is 0 Å². The highest BCUT2D eigenvalue weighted by Crippen LogP contribution is 2.25. The van der Waals surface area contributed by atoms with E-state index in [0.717, 1.165) is 0 Å². The summed E-state index contributed by atoms with van der Waals surface area (Å²) >= 11 is 0. The molecule has 0 saturated carbocycles. The number of rotatable bonds is 5. The van der Waals surface area contributed by atoms with Gasteiger partial charge < -0.3 is 10.1 Å². The molecule has 6 nitrogen and oxygen atoms in total. The topological polar surface area (TPSA) is 81.2 Å². The quantitative estimate of drug-likeness (QED) is 0.812. The Labute approximate surface area is 101 Å². The van der Waals surface area contributed by atoms with Crippen LogP contribution < -0.4 is 10.1 Å². The van der Waals surface area contributed by atoms with Gasteiger partial charge in [0.1, 0.15) is 5.69 Å². The first-order valence-electron chi connectivity index (χ1n) is 5.12. The number of hydrogen-bond acceptors (Lipinski definition) is 6. The molecule has 0 aliphatic rings. The van der Waals surface area contributed by atoms with Crippen LogP contribution in [0.5, 0.6) is 5.88 Å². The monoisotopic (exact) mass is 259 g/mol. The first-order valence-corrected chi connectivity index (χ1v) is 7.08. The molecular weight excluding hydrogens is 242 g/mol. The fourth-order valence-electron chi connectivity index (χ4n) is 1.55. The van der Waals surface area contributed by atoms with Gasteiger partial charge in [0.05, 0.1) is 18.4 Å². The number of nitrogens with one attached hydrogen (secondary N) is 1. The lowest BCUT2D eigenvalue weighted by Crippen LogP contribution is -2.34. The van der Waals surface area contributed by atoms with Crippen molar-refractivity contribution in [2.24, 2.45) is 0 Å². The molecule has 0 spiro atoms. The van der Waals surface area contributed by atoms with E-state index in [1.165, 1.54) is 25.8 Å². The first kappa shape index (κ1) is 13.9. The Kier molecular flexibility index (Phi) is 4.41. The van der Waals surface area contributed by atoms with Crippen molar-refractivity contribution in [3.8, 4) is 5.88 Å². The van der Waals surface area contributed by atoms with Crippen molar-refractivity contribution < 1.29 is 13.2 Å². The van der Waals surface area contributed by atoms with E-state index < -0.39 is 21.1 Å². The van der Waals surface area contributed by atoms with E-state index in [0.29, 0.717) is 11.6 Å². The van der Waals surface area contributed by atoms with E-state index in [2.05, 4.69) is 15.3 Å². The molecule has 96 valence electrons. The second-order valence-electron chi connectivity index (χ2n) is 3.75. The lowest BCUT2D eigenvalue weighted by Gasteiger charge is -2.22. The number of sulfone groups is 1. The van der Waals surface area contributed by atoms with Crippen LogP contribution in [0.3, 0.4) is 0 Å². The molecule has 0 bridgehead atoms. The molecule has 0 radical (unpaired) electrons. The van der Waals surface area contributed by atoms with Crippen LogP contribution >= 0.6 is 0 Å². The van der Waals surface area contributed by atoms with Crippen LogP contribution in [0.25, 0.3) is 0 Å². The molecule has 7 heteroatoms. The standard InChI is InChI=1S/C10H17N3O3S/c1-7(17(4,14)15)8(11-2)9-10(16-3)13-6-5-12-9/h5-8,11H,1-4H3. The van der Waals surface area contributed by atoms with Crippen LogP contribution in [-0.4, -0.2) is 44.0 Å². The smallest absolute Gasteiger partial charge is 0.237 e. The minimum Gasteiger partial charge on any atom is -0.480 e. The fourth-order valence-corrected chi connectivity index (χ4v) is 2.31. The fraction of sp³-hybridized carbons (Fsp3) is 0.600. The molecule has 1 aromatic rings. The van der Waals surface area contributed by atoms with Crippen LogP contribution in [0.1, 0.15) is 18.7 Å². The summed E-state index contributed by atoms with van der Waals surface area (Å²) < 4.78 is 28.2. The Morgan fingerprint density at radius 1 is 1.35 bits per heavy atom. The summed E-state index contributed by atoms with van der Waals surface area (Å²) in [5.41, 5.74) is 0.496. The van der Waals surface area contributed by atoms with Crippen molar-refractivity contribution >= 4 is 9.84 Å². The van der Waals surface area contributed by atoms with Gasteiger partial charge in [-0.05, 0) is 14.0 Å². The Bertz CT molecular complexity index is 475. The van der Waals surface area contributed by atoms with Gasteiger partial charge in [-0.1, -0.05) is 0 Å². The zero-order valence-corrected chi connectivity index (χ0v) is 11.2. The zero-order chi connectivity index (χ0) is 13.1. The summed E-state index contributed by atoms with van der Waals surface area (Å²) in [7, 11) is -0.0146. The summed E-state index contributed by atoms with van der Waals surface area (Å²) in [6.07, 6.45) is 4.21. The van der Waals surface area contributed by atoms with E-state index >= 15 is 0 Å². The maximum Gasteiger partial charge on any atom is 0.237 e. The SMILES string of the molecule is CNC(c1nccnc1OC)C(C)S(C)(=O)=O. The van der Waals surface area contributed by atoms with Crippen molar-refractivity contribution in [3.63, 3.8) is 0 Å². The Morgan fingerprint density at radius 3 is 2.41 bits per heavy atom. The highest BCUT2D eigenvalue weighted by Gasteiger charge is 2.29. The number of ether oxygens (including phenoxy) is 1. The minimum absolute atomic E-state index is 0.336. The van der Waals surface area contributed by atoms with Crippen molar-refractivity contribution in [2.45, 2.75) is 18.2 Å². The second-order valence-corrected chi connectivity index (χ2v) is 6.15. The van der Waals surface area contributed by atoms with Crippen LogP contribution in [0.2, 0.25) is 0 Å². The predicted octanol–water partition coefficient (Wildman–Crippen LogP) is 0.179. The number of nitrogens with zero attached hydrogens (tertiary/aromatic N) is 2. The van der Waals surface area contributed by atoms with Crippen molar-refractivity contribution in [1.29, 1.82) is 0 Å². The highest BCUT2D eigenvalue weighted by atomic mass is 32.2. The largest absolute Gasteiger partial charge is 0.480 e. The maximum absolute atomic E-state index is 11.6. The van der Waals surface area contributed by atoms with Gasteiger partial charge in [0.15, 0.2) is 9.84 Å². The van der Waals surface area contributed by atoms with E-state index in [9.17, 15) is 8.42 Å². The summed E-state index contributed by atoms with van der Waals surface area (Å²) in [6.45, 7) is 1.63. The van der Waals surface area contributed by atoms with Crippen LogP contribution in [0, 0.1) is 0 Å². The molecule has 17 heavy (non-hydrogen) atoms. The van der Waals surface area contributed by atoms with Crippen LogP contribution in [-0.2, 0) is 9.84 Å². The van der Waals surface area contributed by atoms with E-state index in [4.69, 9.17) is 4.74 Å². The normalized spacial score (nSPS) is 15.3. The van der Waals surface area contributed by atoms with Gasteiger partial charge in [0.25, 0.3) is 0 Å². The van der Waals surface area contributed by atoms with Gasteiger partial charge in [-0.2, -0.15) is 0 Å². The van der Waals surface area contributed by atoms with Crippen LogP contribution in [0.4, 0.5) is 0 Å². The molecule has 0 aromatic carbocycles. The zero-order valence-electron chi connectivity index (χ0n) is 10.3. The molecule has 0 amide bonds. The average molecular weight is 259 g/mol. The molecule has 1 rings (SSSR count). The lowest BCUT2D eigenvalue weighted by molar-refractivity contribution is 0.378. The van der Waals surface area contributed by atoms with Crippen molar-refractivity contribution in [2.75, 3.05) is 20.4 Å². The van der Waals surface area contributed by atoms with Crippen molar-refractivity contribution in [1.82, 2.24) is 15.3 Å². The molecule has 2 unspecified atom stereocenters. The summed E-state index contributed by atoms with van der Waals surface area (Å²) in [6, 6.07) is -0.450. The van der Waals surface area contributed by atoms with E-state index in [1.54, 1.807) is 14.0 Å². The molecule has 0 fully saturated rings. The van der Waals surface area contributed by atoms with Gasteiger partial charge in [0, 0.05) is 18.6 Å². The Balaban J connectivity index is 3.18. The molecule has 0 saturated heterocycles. The molecular formula is C10H17N3O3S. The van der Waals surface area contributed by atoms with Gasteiger partial charge in [-0.3, -0.25) is 4.98 Å². The van der Waals surface area contributed by atoms with E-state index in [1.807, 2.05) is 0 Å². The third-order valence-corrected chi connectivity index (χ3v) is 4.26. The molecule has 0 aliphatic heterocycles. The molecule has 1 aromatic heterocycles. The van der Waals surface area contributed by atoms with Gasteiger partial charge in [-0.15, -0.1) is 0 Å². The third kappa shape index (κ3) is 3.13. The van der Waals surface area contributed by atoms with Gasteiger partial charge in [-0.25, -0.2) is 13.4 Å². The molecule has 1 N–H and O–H groups in total. The molecule has 1 heterocycles. The summed E-state index contributed by atoms with van der Waals surface area (Å²) in [4.78, 5) is 8.15. The Hall–Kier alpha value is -1.21. The average Bonchev–Trinajstić information content (AvgIpc) is 2.29. The maximum atomic E-state index is 11.6. The lowest BCUT2D eigenvalue weighted by atomic mass is 10.1. The highest BCUT2D eigenvalue weighted by molar-refractivity contribution is 7.91. The molecule has 0 aliphatic carbocycles. The minimum atomic E-state index is -3.17. The number of hydrogen-bond donors (Lipinski definition) is 1. The van der Waals surface area contributed by atoms with Crippen LogP contribution in [0.15, 0.2) is 12.4 Å². The summed E-state index contributed by atoms with van der Waals surface area (Å²) in [5.74, 6) is 0.336. The van der Waals surface area contributed by atoms with E-state index in [-0.39, 0.29) is 0 Å². The number of aromatic nitrogens is 2. The predicted molar refractivity (Wildman–Crippen MR) is 64.7 cm³/mol. The van der Waals surface area contributed by atoms with Crippen molar-refractivity contribution in [3.05, 3.63) is 18.1 Å². The Morgan fingerprint density at radius 2 is 1.94 bits per heavy atom. The molecule has 2 atom stereocenters. The third-order valence-electron chi connectivity index (χ3n) is 2.63. The van der Waals surface area contributed by atoms with Gasteiger partial charge in [0.2, 0.25) is 5.88 Å².